The molecular formula is C22H46N2O2. The Balaban J connectivity index is 2.26. The molecule has 1 heterocycles. The molecule has 156 valence electrons. The van der Waals surface area contributed by atoms with Gasteiger partial charge in [0.15, 0.2) is 0 Å². The minimum Gasteiger partial charge on any atom is -0.391 e. The van der Waals surface area contributed by atoms with Gasteiger partial charge in [-0.2, -0.15) is 0 Å². The normalized spacial score (nSPS) is 18.1. The molecule has 2 atom stereocenters. The second kappa shape index (κ2) is 17.0. The number of aliphatic hydroxyl groups excluding tert-OH is 1. The summed E-state index contributed by atoms with van der Waals surface area (Å²) in [5, 5.41) is 10.8. The Bertz CT molecular complexity index is 296. The molecule has 0 spiro atoms. The van der Waals surface area contributed by atoms with E-state index in [-0.39, 0.29) is 6.10 Å². The third-order valence-corrected chi connectivity index (χ3v) is 5.77. The van der Waals surface area contributed by atoms with Crippen molar-refractivity contribution in [1.82, 2.24) is 4.90 Å². The summed E-state index contributed by atoms with van der Waals surface area (Å²) in [6, 6.07) is 0.332. The van der Waals surface area contributed by atoms with Crippen molar-refractivity contribution in [2.75, 3.05) is 32.8 Å². The van der Waals surface area contributed by atoms with Crippen LogP contribution in [0, 0.1) is 0 Å². The highest BCUT2D eigenvalue weighted by molar-refractivity contribution is 4.81. The summed E-state index contributed by atoms with van der Waals surface area (Å²) in [6.45, 7) is 6.68. The summed E-state index contributed by atoms with van der Waals surface area (Å²) in [7, 11) is 0. The van der Waals surface area contributed by atoms with E-state index in [4.69, 9.17) is 10.5 Å². The van der Waals surface area contributed by atoms with Gasteiger partial charge in [0.25, 0.3) is 0 Å². The van der Waals surface area contributed by atoms with Crippen molar-refractivity contribution in [1.29, 1.82) is 0 Å². The molecule has 1 fully saturated rings. The first-order valence-corrected chi connectivity index (χ1v) is 11.5. The van der Waals surface area contributed by atoms with Crippen LogP contribution < -0.4 is 5.73 Å². The van der Waals surface area contributed by atoms with Crippen LogP contribution in [0.15, 0.2) is 0 Å². The molecule has 4 nitrogen and oxygen atoms in total. The van der Waals surface area contributed by atoms with Crippen molar-refractivity contribution in [3.05, 3.63) is 0 Å². The lowest BCUT2D eigenvalue weighted by Crippen LogP contribution is -2.49. The van der Waals surface area contributed by atoms with E-state index >= 15 is 0 Å². The van der Waals surface area contributed by atoms with E-state index in [0.717, 1.165) is 52.1 Å². The number of hydrogen-bond acceptors (Lipinski definition) is 4. The zero-order valence-electron chi connectivity index (χ0n) is 17.5. The molecular weight excluding hydrogens is 324 g/mol. The third kappa shape index (κ3) is 11.5. The van der Waals surface area contributed by atoms with Gasteiger partial charge in [-0.3, -0.25) is 4.90 Å². The van der Waals surface area contributed by atoms with Gasteiger partial charge in [0.05, 0.1) is 19.3 Å². The highest BCUT2D eigenvalue weighted by atomic mass is 16.5. The molecule has 4 heteroatoms. The molecule has 26 heavy (non-hydrogen) atoms. The maximum absolute atomic E-state index is 10.8. The molecule has 0 radical (unpaired) electrons. The number of morpholine rings is 1. The zero-order valence-corrected chi connectivity index (χ0v) is 17.5. The van der Waals surface area contributed by atoms with Crippen LogP contribution in [-0.4, -0.2) is 55.0 Å². The molecule has 0 bridgehead atoms. The van der Waals surface area contributed by atoms with Crippen LogP contribution in [0.5, 0.6) is 0 Å². The van der Waals surface area contributed by atoms with Crippen LogP contribution in [0.2, 0.25) is 0 Å². The van der Waals surface area contributed by atoms with Crippen molar-refractivity contribution in [3.8, 4) is 0 Å². The minimum absolute atomic E-state index is 0.170. The molecule has 3 N–H and O–H groups in total. The molecule has 0 aromatic rings. The van der Waals surface area contributed by atoms with Crippen LogP contribution in [0.25, 0.3) is 0 Å². The van der Waals surface area contributed by atoms with Crippen molar-refractivity contribution in [3.63, 3.8) is 0 Å². The lowest BCUT2D eigenvalue weighted by atomic mass is 9.96. The van der Waals surface area contributed by atoms with E-state index in [0.29, 0.717) is 6.04 Å². The Kier molecular flexibility index (Phi) is 15.6. The monoisotopic (exact) mass is 370 g/mol. The minimum atomic E-state index is -0.170. The van der Waals surface area contributed by atoms with E-state index in [1.165, 1.54) is 70.6 Å². The fourth-order valence-corrected chi connectivity index (χ4v) is 4.06. The van der Waals surface area contributed by atoms with Crippen LogP contribution in [0.1, 0.15) is 96.8 Å². The molecule has 0 aliphatic carbocycles. The molecule has 0 saturated carbocycles. The standard InChI is InChI=1S/C22H46N2O2/c1-2-3-4-5-9-12-15-22(25)21(24-17-19-26-20-18-24)14-11-8-6-7-10-13-16-23/h21-22,25H,2-20,23H2,1H3. The molecule has 2 unspecified atom stereocenters. The van der Waals surface area contributed by atoms with Crippen LogP contribution in [-0.2, 0) is 4.74 Å². The second-order valence-electron chi connectivity index (χ2n) is 8.04. The van der Waals surface area contributed by atoms with E-state index in [9.17, 15) is 5.11 Å². The average molecular weight is 371 g/mol. The Morgan fingerprint density at radius 3 is 1.96 bits per heavy atom. The summed E-state index contributed by atoms with van der Waals surface area (Å²) < 4.78 is 5.51. The largest absolute Gasteiger partial charge is 0.391 e. The number of unbranched alkanes of at least 4 members (excludes halogenated alkanes) is 10. The topological polar surface area (TPSA) is 58.7 Å². The molecule has 1 saturated heterocycles. The zero-order chi connectivity index (χ0) is 18.9. The predicted molar refractivity (Wildman–Crippen MR) is 112 cm³/mol. The molecule has 0 aromatic carbocycles. The van der Waals surface area contributed by atoms with Crippen molar-refractivity contribution in [2.45, 2.75) is 109 Å². The highest BCUT2D eigenvalue weighted by Crippen LogP contribution is 2.20. The van der Waals surface area contributed by atoms with E-state index in [1.807, 2.05) is 0 Å². The number of ether oxygens (including phenoxy) is 1. The van der Waals surface area contributed by atoms with Gasteiger partial charge in [-0.05, 0) is 25.8 Å². The second-order valence-corrected chi connectivity index (χ2v) is 8.04. The van der Waals surface area contributed by atoms with Gasteiger partial charge in [0, 0.05) is 19.1 Å². The van der Waals surface area contributed by atoms with Crippen LogP contribution in [0.3, 0.4) is 0 Å². The fourth-order valence-electron chi connectivity index (χ4n) is 4.06. The summed E-state index contributed by atoms with van der Waals surface area (Å²) in [4.78, 5) is 2.49. The van der Waals surface area contributed by atoms with Crippen molar-refractivity contribution >= 4 is 0 Å². The van der Waals surface area contributed by atoms with Crippen LogP contribution in [0.4, 0.5) is 0 Å². The fraction of sp³-hybridized carbons (Fsp3) is 1.00. The van der Waals surface area contributed by atoms with Gasteiger partial charge in [0.1, 0.15) is 0 Å². The third-order valence-electron chi connectivity index (χ3n) is 5.77. The number of nitrogens with two attached hydrogens (primary N) is 1. The van der Waals surface area contributed by atoms with Gasteiger partial charge < -0.3 is 15.6 Å². The number of nitrogens with zero attached hydrogens (tertiary/aromatic N) is 1. The first kappa shape index (κ1) is 23.9. The first-order valence-electron chi connectivity index (χ1n) is 11.5. The maximum Gasteiger partial charge on any atom is 0.0695 e. The number of rotatable bonds is 17. The average Bonchev–Trinajstić information content (AvgIpc) is 2.67. The highest BCUT2D eigenvalue weighted by Gasteiger charge is 2.26. The lowest BCUT2D eigenvalue weighted by molar-refractivity contribution is -0.0276. The Labute approximate surface area is 162 Å². The van der Waals surface area contributed by atoms with E-state index in [1.54, 1.807) is 0 Å². The summed E-state index contributed by atoms with van der Waals surface area (Å²) in [6.07, 6.45) is 17.3. The van der Waals surface area contributed by atoms with E-state index < -0.39 is 0 Å². The number of aliphatic hydroxyl groups is 1. The molecule has 1 aliphatic rings. The summed E-state index contributed by atoms with van der Waals surface area (Å²) in [5.41, 5.74) is 5.56. The molecule has 1 rings (SSSR count). The Morgan fingerprint density at radius 1 is 0.808 bits per heavy atom. The van der Waals surface area contributed by atoms with Crippen LogP contribution >= 0.6 is 0 Å². The van der Waals surface area contributed by atoms with Gasteiger partial charge >= 0.3 is 0 Å². The molecule has 1 aliphatic heterocycles. The Morgan fingerprint density at radius 2 is 1.35 bits per heavy atom. The quantitative estimate of drug-likeness (QED) is 0.370. The van der Waals surface area contributed by atoms with Crippen molar-refractivity contribution < 1.29 is 9.84 Å². The maximum atomic E-state index is 10.8. The lowest BCUT2D eigenvalue weighted by Gasteiger charge is -2.37. The van der Waals surface area contributed by atoms with Gasteiger partial charge in [-0.15, -0.1) is 0 Å². The van der Waals surface area contributed by atoms with E-state index in [2.05, 4.69) is 11.8 Å². The summed E-state index contributed by atoms with van der Waals surface area (Å²) in [5.74, 6) is 0. The van der Waals surface area contributed by atoms with Gasteiger partial charge in [-0.1, -0.05) is 77.6 Å². The SMILES string of the molecule is CCCCCCCCC(O)C(CCCCCCCCN)N1CCOCC1. The molecule has 0 amide bonds. The first-order chi connectivity index (χ1) is 12.8. The predicted octanol–water partition coefficient (Wildman–Crippen LogP) is 4.49. The Hall–Kier alpha value is -0.160. The number of hydrogen-bond donors (Lipinski definition) is 2. The van der Waals surface area contributed by atoms with Gasteiger partial charge in [0.2, 0.25) is 0 Å². The van der Waals surface area contributed by atoms with Gasteiger partial charge in [-0.25, -0.2) is 0 Å². The smallest absolute Gasteiger partial charge is 0.0695 e. The molecule has 0 aromatic heterocycles. The summed E-state index contributed by atoms with van der Waals surface area (Å²) >= 11 is 0. The van der Waals surface area contributed by atoms with Crippen molar-refractivity contribution in [2.24, 2.45) is 5.73 Å².